The summed E-state index contributed by atoms with van der Waals surface area (Å²) in [7, 11) is 0. The molecule has 1 saturated carbocycles. The minimum Gasteiger partial charge on any atom is -0.475 e. The number of carboxylic acid groups (broad SMARTS) is 1. The SMILES string of the molecule is CCC(CC1CCCCC1)C(=O)NCc1ccc(C(=O)O)o1. The predicted octanol–water partition coefficient (Wildman–Crippen LogP) is 3.59. The van der Waals surface area contributed by atoms with E-state index in [9.17, 15) is 9.59 Å². The van der Waals surface area contributed by atoms with Gasteiger partial charge in [0.1, 0.15) is 5.76 Å². The summed E-state index contributed by atoms with van der Waals surface area (Å²) in [6.45, 7) is 2.29. The molecule has 1 aliphatic carbocycles. The first-order chi connectivity index (χ1) is 10.6. The summed E-state index contributed by atoms with van der Waals surface area (Å²) in [6.07, 6.45) is 8.17. The zero-order valence-corrected chi connectivity index (χ0v) is 13.1. The molecule has 1 unspecified atom stereocenters. The normalized spacial score (nSPS) is 17.1. The van der Waals surface area contributed by atoms with Gasteiger partial charge in [0.2, 0.25) is 11.7 Å². The van der Waals surface area contributed by atoms with Crippen LogP contribution in [-0.2, 0) is 11.3 Å². The van der Waals surface area contributed by atoms with Gasteiger partial charge in [-0.15, -0.1) is 0 Å². The highest BCUT2D eigenvalue weighted by Gasteiger charge is 2.23. The van der Waals surface area contributed by atoms with Crippen molar-refractivity contribution in [2.75, 3.05) is 0 Å². The summed E-state index contributed by atoms with van der Waals surface area (Å²) < 4.78 is 5.14. The van der Waals surface area contributed by atoms with E-state index >= 15 is 0 Å². The maximum Gasteiger partial charge on any atom is 0.371 e. The molecule has 1 heterocycles. The molecule has 0 spiro atoms. The molecule has 0 aromatic carbocycles. The van der Waals surface area contributed by atoms with Crippen molar-refractivity contribution in [3.63, 3.8) is 0 Å². The third-order valence-corrected chi connectivity index (χ3v) is 4.52. The van der Waals surface area contributed by atoms with Crippen molar-refractivity contribution in [2.24, 2.45) is 11.8 Å². The number of furan rings is 1. The zero-order chi connectivity index (χ0) is 15.9. The van der Waals surface area contributed by atoms with Gasteiger partial charge >= 0.3 is 5.97 Å². The number of hydrogen-bond donors (Lipinski definition) is 2. The van der Waals surface area contributed by atoms with Crippen LogP contribution in [0.2, 0.25) is 0 Å². The Balaban J connectivity index is 1.81. The molecule has 2 rings (SSSR count). The van der Waals surface area contributed by atoms with Gasteiger partial charge in [0.25, 0.3) is 0 Å². The molecular formula is C17H25NO4. The van der Waals surface area contributed by atoms with Crippen LogP contribution in [0.25, 0.3) is 0 Å². The molecule has 1 aliphatic rings. The number of carbonyl (C=O) groups is 2. The molecule has 2 N–H and O–H groups in total. The molecule has 1 aromatic heterocycles. The van der Waals surface area contributed by atoms with E-state index in [4.69, 9.17) is 9.52 Å². The van der Waals surface area contributed by atoms with Gasteiger partial charge in [-0.3, -0.25) is 4.79 Å². The quantitative estimate of drug-likeness (QED) is 0.806. The van der Waals surface area contributed by atoms with Crippen molar-refractivity contribution < 1.29 is 19.1 Å². The number of amides is 1. The van der Waals surface area contributed by atoms with Crippen molar-refractivity contribution in [1.29, 1.82) is 0 Å². The van der Waals surface area contributed by atoms with Crippen molar-refractivity contribution >= 4 is 11.9 Å². The fraction of sp³-hybridized carbons (Fsp3) is 0.647. The van der Waals surface area contributed by atoms with Crippen molar-refractivity contribution in [2.45, 2.75) is 58.4 Å². The van der Waals surface area contributed by atoms with Gasteiger partial charge in [-0.1, -0.05) is 39.0 Å². The smallest absolute Gasteiger partial charge is 0.371 e. The van der Waals surface area contributed by atoms with Crippen LogP contribution in [0.3, 0.4) is 0 Å². The fourth-order valence-corrected chi connectivity index (χ4v) is 3.19. The number of hydrogen-bond acceptors (Lipinski definition) is 3. The Bertz CT molecular complexity index is 503. The van der Waals surface area contributed by atoms with Crippen LogP contribution in [0.4, 0.5) is 0 Å². The first-order valence-corrected chi connectivity index (χ1v) is 8.19. The maximum atomic E-state index is 12.3. The Kier molecular flexibility index (Phi) is 6.04. The van der Waals surface area contributed by atoms with Crippen LogP contribution in [0.5, 0.6) is 0 Å². The lowest BCUT2D eigenvalue weighted by molar-refractivity contribution is -0.126. The molecule has 122 valence electrons. The van der Waals surface area contributed by atoms with E-state index in [2.05, 4.69) is 5.32 Å². The summed E-state index contributed by atoms with van der Waals surface area (Å²) in [5, 5.41) is 11.7. The van der Waals surface area contributed by atoms with E-state index in [0.29, 0.717) is 11.7 Å². The van der Waals surface area contributed by atoms with Crippen LogP contribution in [-0.4, -0.2) is 17.0 Å². The van der Waals surface area contributed by atoms with Gasteiger partial charge in [-0.05, 0) is 30.9 Å². The largest absolute Gasteiger partial charge is 0.475 e. The van der Waals surface area contributed by atoms with Gasteiger partial charge in [0.15, 0.2) is 0 Å². The highest BCUT2D eigenvalue weighted by molar-refractivity contribution is 5.84. The van der Waals surface area contributed by atoms with E-state index in [1.54, 1.807) is 6.07 Å². The Hall–Kier alpha value is -1.78. The van der Waals surface area contributed by atoms with E-state index in [-0.39, 0.29) is 24.1 Å². The van der Waals surface area contributed by atoms with Crippen LogP contribution >= 0.6 is 0 Å². The number of nitrogens with one attached hydrogen (secondary N) is 1. The summed E-state index contributed by atoms with van der Waals surface area (Å²) in [5.41, 5.74) is 0. The number of carboxylic acids is 1. The molecule has 1 amide bonds. The highest BCUT2D eigenvalue weighted by atomic mass is 16.4. The molecule has 5 heteroatoms. The summed E-state index contributed by atoms with van der Waals surface area (Å²) in [4.78, 5) is 23.0. The van der Waals surface area contributed by atoms with E-state index in [1.807, 2.05) is 6.92 Å². The van der Waals surface area contributed by atoms with Crippen LogP contribution < -0.4 is 5.32 Å². The minimum atomic E-state index is -1.10. The summed E-state index contributed by atoms with van der Waals surface area (Å²) in [5.74, 6) is 0.0307. The van der Waals surface area contributed by atoms with Crippen molar-refractivity contribution in [3.8, 4) is 0 Å². The first-order valence-electron chi connectivity index (χ1n) is 8.19. The first kappa shape index (κ1) is 16.6. The van der Waals surface area contributed by atoms with Crippen LogP contribution in [0, 0.1) is 11.8 Å². The van der Waals surface area contributed by atoms with Crippen LogP contribution in [0.15, 0.2) is 16.5 Å². The molecule has 0 radical (unpaired) electrons. The predicted molar refractivity (Wildman–Crippen MR) is 82.5 cm³/mol. The topological polar surface area (TPSA) is 79.5 Å². The number of carbonyl (C=O) groups excluding carboxylic acids is 1. The Morgan fingerprint density at radius 3 is 2.64 bits per heavy atom. The van der Waals surface area contributed by atoms with E-state index in [1.165, 1.54) is 38.2 Å². The lowest BCUT2D eigenvalue weighted by atomic mass is 9.82. The second-order valence-corrected chi connectivity index (χ2v) is 6.13. The minimum absolute atomic E-state index is 0.0389. The molecule has 22 heavy (non-hydrogen) atoms. The average molecular weight is 307 g/mol. The third kappa shape index (κ3) is 4.61. The molecule has 0 bridgehead atoms. The molecule has 5 nitrogen and oxygen atoms in total. The standard InChI is InChI=1S/C17H25NO4/c1-2-13(10-12-6-4-3-5-7-12)16(19)18-11-14-8-9-15(22-14)17(20)21/h8-9,12-13H,2-7,10-11H2,1H3,(H,18,19)(H,20,21). The average Bonchev–Trinajstić information content (AvgIpc) is 3.00. The van der Waals surface area contributed by atoms with Gasteiger partial charge in [-0.2, -0.15) is 0 Å². The summed E-state index contributed by atoms with van der Waals surface area (Å²) in [6, 6.07) is 3.00. The Morgan fingerprint density at radius 2 is 2.05 bits per heavy atom. The molecule has 0 aliphatic heterocycles. The molecule has 1 aromatic rings. The van der Waals surface area contributed by atoms with Crippen LogP contribution in [0.1, 0.15) is 68.2 Å². The Labute approximate surface area is 131 Å². The van der Waals surface area contributed by atoms with Crippen molar-refractivity contribution in [1.82, 2.24) is 5.32 Å². The maximum absolute atomic E-state index is 12.3. The van der Waals surface area contributed by atoms with Gasteiger partial charge in [0.05, 0.1) is 6.54 Å². The molecule has 1 atom stereocenters. The Morgan fingerprint density at radius 1 is 1.32 bits per heavy atom. The van der Waals surface area contributed by atoms with E-state index < -0.39 is 5.97 Å². The van der Waals surface area contributed by atoms with Gasteiger partial charge in [0, 0.05) is 5.92 Å². The van der Waals surface area contributed by atoms with Crippen molar-refractivity contribution in [3.05, 3.63) is 23.7 Å². The zero-order valence-electron chi connectivity index (χ0n) is 13.1. The summed E-state index contributed by atoms with van der Waals surface area (Å²) >= 11 is 0. The molecular weight excluding hydrogens is 282 g/mol. The second-order valence-electron chi connectivity index (χ2n) is 6.13. The lowest BCUT2D eigenvalue weighted by Crippen LogP contribution is -2.31. The highest BCUT2D eigenvalue weighted by Crippen LogP contribution is 2.30. The second kappa shape index (κ2) is 8.01. The number of aromatic carboxylic acids is 1. The molecule has 0 saturated heterocycles. The number of rotatable bonds is 7. The van der Waals surface area contributed by atoms with E-state index in [0.717, 1.165) is 12.8 Å². The molecule has 1 fully saturated rings. The fourth-order valence-electron chi connectivity index (χ4n) is 3.19. The monoisotopic (exact) mass is 307 g/mol. The third-order valence-electron chi connectivity index (χ3n) is 4.52. The van der Waals surface area contributed by atoms with Gasteiger partial charge < -0.3 is 14.8 Å². The van der Waals surface area contributed by atoms with Gasteiger partial charge in [-0.25, -0.2) is 4.79 Å². The lowest BCUT2D eigenvalue weighted by Gasteiger charge is -2.25.